The Morgan fingerprint density at radius 3 is 0.748 bits per heavy atom. The molecule has 103 heavy (non-hydrogen) atoms. The number of hydrogen-bond acceptors (Lipinski definition) is 15. The van der Waals surface area contributed by atoms with Gasteiger partial charge in [0.2, 0.25) is 0 Å². The van der Waals surface area contributed by atoms with Crippen molar-refractivity contribution in [3.63, 3.8) is 0 Å². The van der Waals surface area contributed by atoms with Crippen LogP contribution in [0.4, 0.5) is 0 Å². The molecule has 0 spiro atoms. The van der Waals surface area contributed by atoms with Gasteiger partial charge < -0.3 is 71.1 Å². The van der Waals surface area contributed by atoms with Gasteiger partial charge in [-0.2, -0.15) is 0 Å². The standard InChI is InChI=1S/C88H98O15/c1-85(2,62-11-21-70(22-12-62)89-41-74-45-93-74)66-19-29-81(100-40-55-9-10-55)56(34-66)31-58-36-68(87(5,6)64-15-25-72(26-16-64)91-43-76-47-95-76)38-60(83(58)102-53-79-50-98-79)33-61-39-69(88(7,8)65-17-27-73(28-18-65)92-44-77-48-96-77)37-59(84(61)103-54-80-51-99-80)32-57-35-67(20-30-82(57)101-52-78-49-97-78)86(3,4)63-13-23-71(24-14-63)90-42-75-46-94-75/h11-30,34-39,55,74-80H,9-10,31-33,40-54H2,1-8H3. The molecule has 0 N–H and O–H groups in total. The summed E-state index contributed by atoms with van der Waals surface area (Å²) in [6, 6.07) is 57.3. The third-order valence-electron chi connectivity index (χ3n) is 21.9. The molecule has 15 heteroatoms. The van der Waals surface area contributed by atoms with E-state index >= 15 is 0 Å². The van der Waals surface area contributed by atoms with Gasteiger partial charge in [-0.1, -0.05) is 152 Å². The van der Waals surface area contributed by atoms with E-state index in [1.807, 2.05) is 0 Å². The van der Waals surface area contributed by atoms with Crippen molar-refractivity contribution in [2.24, 2.45) is 5.92 Å². The molecule has 15 nitrogen and oxygen atoms in total. The third-order valence-corrected chi connectivity index (χ3v) is 21.9. The summed E-state index contributed by atoms with van der Waals surface area (Å²) in [5.41, 5.74) is 13.6. The summed E-state index contributed by atoms with van der Waals surface area (Å²) < 4.78 is 92.8. The van der Waals surface area contributed by atoms with Crippen molar-refractivity contribution in [1.29, 1.82) is 0 Å². The molecule has 7 aliphatic heterocycles. The number of benzene rings is 8. The van der Waals surface area contributed by atoms with Crippen LogP contribution in [-0.2, 0) is 74.1 Å². The molecule has 7 atom stereocenters. The number of ether oxygens (including phenoxy) is 15. The average Bonchev–Trinajstić information content (AvgIpc) is 1.21. The summed E-state index contributed by atoms with van der Waals surface area (Å²) in [6.07, 6.45) is 4.44. The van der Waals surface area contributed by atoms with Gasteiger partial charge in [0.05, 0.1) is 52.9 Å². The lowest BCUT2D eigenvalue weighted by Gasteiger charge is -2.31. The zero-order chi connectivity index (χ0) is 70.5. The van der Waals surface area contributed by atoms with Gasteiger partial charge in [0.15, 0.2) is 0 Å². The highest BCUT2D eigenvalue weighted by molar-refractivity contribution is 5.60. The summed E-state index contributed by atoms with van der Waals surface area (Å²) in [4.78, 5) is 0. The Balaban J connectivity index is 0.838. The lowest BCUT2D eigenvalue weighted by atomic mass is 9.75. The van der Waals surface area contributed by atoms with Gasteiger partial charge in [0.25, 0.3) is 0 Å². The van der Waals surface area contributed by atoms with Crippen molar-refractivity contribution >= 4 is 0 Å². The van der Waals surface area contributed by atoms with Crippen molar-refractivity contribution in [1.82, 2.24) is 0 Å². The molecular weight excluding hydrogens is 1300 g/mol. The van der Waals surface area contributed by atoms with E-state index in [4.69, 9.17) is 71.1 Å². The van der Waals surface area contributed by atoms with Crippen LogP contribution < -0.4 is 37.9 Å². The summed E-state index contributed by atoms with van der Waals surface area (Å²) in [6.45, 7) is 27.4. The summed E-state index contributed by atoms with van der Waals surface area (Å²) in [5.74, 6) is 7.15. The molecule has 0 aromatic heterocycles. The van der Waals surface area contributed by atoms with Gasteiger partial charge >= 0.3 is 0 Å². The molecule has 1 saturated carbocycles. The van der Waals surface area contributed by atoms with E-state index in [1.165, 1.54) is 24.0 Å². The largest absolute Gasteiger partial charge is 0.493 e. The maximum absolute atomic E-state index is 7.38. The first-order chi connectivity index (χ1) is 49.9. The van der Waals surface area contributed by atoms with E-state index in [2.05, 4.69) is 213 Å². The Morgan fingerprint density at radius 2 is 0.476 bits per heavy atom. The van der Waals surface area contributed by atoms with Crippen LogP contribution in [0.25, 0.3) is 0 Å². The van der Waals surface area contributed by atoms with E-state index < -0.39 is 16.2 Å². The lowest BCUT2D eigenvalue weighted by molar-refractivity contribution is 0.256. The van der Waals surface area contributed by atoms with Crippen molar-refractivity contribution in [3.8, 4) is 46.0 Å². The average molecular weight is 1400 g/mol. The summed E-state index contributed by atoms with van der Waals surface area (Å²) in [7, 11) is 0. The van der Waals surface area contributed by atoms with Crippen LogP contribution in [0, 0.1) is 5.92 Å². The predicted molar refractivity (Wildman–Crippen MR) is 393 cm³/mol. The fourth-order valence-electron chi connectivity index (χ4n) is 13.7. The maximum Gasteiger partial charge on any atom is 0.126 e. The Bertz CT molecular complexity index is 3990. The van der Waals surface area contributed by atoms with Crippen LogP contribution in [0.3, 0.4) is 0 Å². The third kappa shape index (κ3) is 17.3. The number of rotatable bonds is 38. The highest BCUT2D eigenvalue weighted by Gasteiger charge is 2.36. The van der Waals surface area contributed by atoms with Crippen molar-refractivity contribution in [2.45, 2.75) is 152 Å². The predicted octanol–water partition coefficient (Wildman–Crippen LogP) is 15.0. The minimum absolute atomic E-state index is 0.0269. The second-order valence-corrected chi connectivity index (χ2v) is 31.6. The fourth-order valence-corrected chi connectivity index (χ4v) is 13.7. The van der Waals surface area contributed by atoms with Crippen LogP contribution in [0.2, 0.25) is 0 Å². The minimum Gasteiger partial charge on any atom is -0.493 e. The molecular formula is C88H98O15. The zero-order valence-electron chi connectivity index (χ0n) is 60.9. The molecule has 8 aliphatic rings. The van der Waals surface area contributed by atoms with Crippen LogP contribution in [0.15, 0.2) is 158 Å². The van der Waals surface area contributed by atoms with E-state index in [9.17, 15) is 0 Å². The highest BCUT2D eigenvalue weighted by Crippen LogP contribution is 2.47. The van der Waals surface area contributed by atoms with E-state index in [1.54, 1.807) is 0 Å². The van der Waals surface area contributed by atoms with Crippen LogP contribution in [0.5, 0.6) is 46.0 Å². The Labute approximate surface area is 606 Å². The SMILES string of the molecule is CC(C)(c1ccc(OCC2CO2)cc1)c1ccc(OCC2CC2)c(Cc2cc(C(C)(C)c3ccc(OCC4CO4)cc3)cc(Cc3cc(C(C)(C)c4ccc(OCC5CO5)cc4)cc(Cc4cc(C(C)(C)c5ccc(OCC6CO6)cc5)ccc4OCC4CO4)c3OCC3CO3)c2OCC2CO2)c1. The highest BCUT2D eigenvalue weighted by atomic mass is 16.6. The van der Waals surface area contributed by atoms with E-state index in [-0.39, 0.29) is 48.1 Å². The molecule has 8 aromatic carbocycles. The van der Waals surface area contributed by atoms with Crippen LogP contribution in [-0.4, -0.2) is 142 Å². The van der Waals surface area contributed by atoms with Gasteiger partial charge in [0.1, 0.15) is 135 Å². The van der Waals surface area contributed by atoms with E-state index in [0.29, 0.717) is 97.9 Å². The van der Waals surface area contributed by atoms with Crippen molar-refractivity contribution in [3.05, 3.63) is 236 Å². The van der Waals surface area contributed by atoms with Gasteiger partial charge in [0, 0.05) is 40.9 Å². The van der Waals surface area contributed by atoms with Gasteiger partial charge in [-0.25, -0.2) is 0 Å². The molecule has 8 fully saturated rings. The molecule has 1 aliphatic carbocycles. The summed E-state index contributed by atoms with van der Waals surface area (Å²) in [5, 5.41) is 0. The van der Waals surface area contributed by atoms with Crippen LogP contribution in [0.1, 0.15) is 146 Å². The molecule has 7 saturated heterocycles. The zero-order valence-corrected chi connectivity index (χ0v) is 60.9. The second kappa shape index (κ2) is 29.1. The Hall–Kier alpha value is -8.12. The van der Waals surface area contributed by atoms with Gasteiger partial charge in [-0.05, 0) is 157 Å². The molecule has 0 bridgehead atoms. The Morgan fingerprint density at radius 1 is 0.252 bits per heavy atom. The molecule has 7 heterocycles. The normalized spacial score (nSPS) is 21.5. The molecule has 0 amide bonds. The van der Waals surface area contributed by atoms with Crippen LogP contribution >= 0.6 is 0 Å². The smallest absolute Gasteiger partial charge is 0.126 e. The number of hydrogen-bond donors (Lipinski definition) is 0. The molecule has 0 radical (unpaired) electrons. The van der Waals surface area contributed by atoms with Gasteiger partial charge in [-0.3, -0.25) is 0 Å². The van der Waals surface area contributed by atoms with E-state index in [0.717, 1.165) is 139 Å². The van der Waals surface area contributed by atoms with Crippen molar-refractivity contribution in [2.75, 3.05) is 99.1 Å². The maximum atomic E-state index is 7.38. The lowest BCUT2D eigenvalue weighted by Crippen LogP contribution is -2.22. The molecule has 8 aromatic rings. The first-order valence-corrected chi connectivity index (χ1v) is 37.2. The fraction of sp³-hybridized carbons (Fsp3) is 0.455. The van der Waals surface area contributed by atoms with Gasteiger partial charge in [-0.15, -0.1) is 0 Å². The van der Waals surface area contributed by atoms with Crippen molar-refractivity contribution < 1.29 is 71.1 Å². The minimum atomic E-state index is -0.524. The molecule has 7 unspecified atom stereocenters. The first kappa shape index (κ1) is 69.3. The molecule has 540 valence electrons. The number of epoxide rings is 7. The quantitative estimate of drug-likeness (QED) is 0.0336. The first-order valence-electron chi connectivity index (χ1n) is 37.2. The second-order valence-electron chi connectivity index (χ2n) is 31.6. The monoisotopic (exact) mass is 1390 g/mol. The Kier molecular flexibility index (Phi) is 19.6. The molecule has 16 rings (SSSR count). The summed E-state index contributed by atoms with van der Waals surface area (Å²) >= 11 is 0. The topological polar surface area (TPSA) is 162 Å².